The van der Waals surface area contributed by atoms with Gasteiger partial charge in [0.1, 0.15) is 28.6 Å². The van der Waals surface area contributed by atoms with Gasteiger partial charge in [-0.05, 0) is 41.3 Å². The molecule has 46 heavy (non-hydrogen) atoms. The van der Waals surface area contributed by atoms with Crippen molar-refractivity contribution in [2.24, 2.45) is 0 Å². The van der Waals surface area contributed by atoms with Crippen LogP contribution >= 0.6 is 11.6 Å². The topological polar surface area (TPSA) is 58.5 Å². The van der Waals surface area contributed by atoms with Crippen molar-refractivity contribution in [1.82, 2.24) is 9.97 Å². The lowest BCUT2D eigenvalue weighted by Gasteiger charge is -2.49. The van der Waals surface area contributed by atoms with Crippen LogP contribution in [-0.2, 0) is 22.4 Å². The van der Waals surface area contributed by atoms with Crippen LogP contribution in [0.3, 0.4) is 0 Å². The average molecular weight is 680 g/mol. The Morgan fingerprint density at radius 2 is 1.39 bits per heavy atom. The molecule has 2 atom stereocenters. The molecule has 13 heteroatoms. The summed E-state index contributed by atoms with van der Waals surface area (Å²) >= 11 is 6.85. The molecule has 5 nitrogen and oxygen atoms in total. The fourth-order valence-electron chi connectivity index (χ4n) is 5.92. The average Bonchev–Trinajstić information content (AvgIpc) is 2.96. The number of nitrogens with zero attached hydrogens (tertiary/aromatic N) is 3. The summed E-state index contributed by atoms with van der Waals surface area (Å²) in [5.74, 6) is -0.883. The number of anilines is 2. The molecular formula is C33H32ClF6N3O2Si. The van der Waals surface area contributed by atoms with Crippen molar-refractivity contribution in [2.75, 3.05) is 4.90 Å². The number of hydrogen-bond donors (Lipinski definition) is 1. The maximum atomic E-state index is 14.4. The Morgan fingerprint density at radius 1 is 0.826 bits per heavy atom. The molecule has 4 aromatic rings. The van der Waals surface area contributed by atoms with Gasteiger partial charge in [-0.3, -0.25) is 4.90 Å². The molecular weight excluding hydrogens is 648 g/mol. The maximum Gasteiger partial charge on any atom is 0.418 e. The smallest absolute Gasteiger partial charge is 0.409 e. The predicted octanol–water partition coefficient (Wildman–Crippen LogP) is 8.68. The van der Waals surface area contributed by atoms with Crippen molar-refractivity contribution in [3.63, 3.8) is 0 Å². The van der Waals surface area contributed by atoms with Crippen molar-refractivity contribution >= 4 is 32.9 Å². The first kappa shape index (κ1) is 33.9. The molecule has 1 N–H and O–H groups in total. The molecule has 5 rings (SSSR count). The third-order valence-corrected chi connectivity index (χ3v) is 9.58. The number of aromatic nitrogens is 2. The lowest BCUT2D eigenvalue weighted by molar-refractivity contribution is -0.142. The highest BCUT2D eigenvalue weighted by molar-refractivity contribution is 6.32. The Hall–Kier alpha value is -3.45. The van der Waals surface area contributed by atoms with Crippen molar-refractivity contribution in [3.8, 4) is 0 Å². The van der Waals surface area contributed by atoms with Crippen LogP contribution in [0.5, 0.6) is 0 Å². The molecule has 3 aromatic carbocycles. The Balaban J connectivity index is 1.82. The Kier molecular flexibility index (Phi) is 9.06. The minimum absolute atomic E-state index is 0.0414. The molecule has 0 saturated carbocycles. The third-order valence-electron chi connectivity index (χ3n) is 7.83. The van der Waals surface area contributed by atoms with Crippen LogP contribution in [0.15, 0.2) is 78.9 Å². The van der Waals surface area contributed by atoms with Crippen LogP contribution in [0.25, 0.3) is 0 Å². The maximum absolute atomic E-state index is 14.4. The van der Waals surface area contributed by atoms with Crippen LogP contribution in [-0.4, -0.2) is 31.1 Å². The van der Waals surface area contributed by atoms with E-state index in [1.807, 2.05) is 81.4 Å². The van der Waals surface area contributed by atoms with Crippen LogP contribution in [0.2, 0.25) is 10.2 Å². The van der Waals surface area contributed by atoms with Gasteiger partial charge in [0, 0.05) is 17.9 Å². The lowest BCUT2D eigenvalue weighted by atomic mass is 9.70. The number of fused-ring (bicyclic) bond motifs is 1. The molecule has 0 amide bonds. The van der Waals surface area contributed by atoms with Gasteiger partial charge in [0.2, 0.25) is 0 Å². The summed E-state index contributed by atoms with van der Waals surface area (Å²) in [6, 6.07) is 19.9. The van der Waals surface area contributed by atoms with E-state index >= 15 is 0 Å². The highest BCUT2D eigenvalue weighted by Crippen LogP contribution is 2.56. The molecule has 1 aromatic heterocycles. The summed E-state index contributed by atoms with van der Waals surface area (Å²) in [7, 11) is -1.37. The summed E-state index contributed by atoms with van der Waals surface area (Å²) in [4.78, 5) is 9.72. The van der Waals surface area contributed by atoms with Crippen molar-refractivity contribution in [1.29, 1.82) is 0 Å². The van der Waals surface area contributed by atoms with Gasteiger partial charge in [0.25, 0.3) is 0 Å². The van der Waals surface area contributed by atoms with Gasteiger partial charge < -0.3 is 9.53 Å². The number of halogens is 7. The standard InChI is InChI=1S/C33H32ClF6N3O2Si/c1-19-41-28(34)27-24(31(45-46-30(2,3)4,20-11-7-5-8-12-20)21-13-9-6-10-14-21)18-26(44)43(29(27)42-19)25-16-15-22(32(35,36)37)17-23(25)33(38,39)40/h5-17,24,26,44H,18,46H2,1-4H3. The molecule has 0 spiro atoms. The summed E-state index contributed by atoms with van der Waals surface area (Å²) in [5, 5.41) is 11.5. The molecule has 1 aliphatic heterocycles. The van der Waals surface area contributed by atoms with E-state index in [0.29, 0.717) is 12.1 Å². The van der Waals surface area contributed by atoms with Gasteiger partial charge in [-0.25, -0.2) is 9.97 Å². The van der Waals surface area contributed by atoms with E-state index < -0.39 is 56.7 Å². The molecule has 1 aliphatic rings. The van der Waals surface area contributed by atoms with E-state index in [0.717, 1.165) is 16.0 Å². The van der Waals surface area contributed by atoms with Gasteiger partial charge in [-0.15, -0.1) is 0 Å². The van der Waals surface area contributed by atoms with Crippen molar-refractivity contribution in [2.45, 2.75) is 69.3 Å². The molecule has 0 radical (unpaired) electrons. The molecule has 0 bridgehead atoms. The summed E-state index contributed by atoms with van der Waals surface area (Å²) in [5.41, 5.74) is -3.39. The zero-order chi connectivity index (χ0) is 33.7. The van der Waals surface area contributed by atoms with E-state index in [4.69, 9.17) is 16.0 Å². The summed E-state index contributed by atoms with van der Waals surface area (Å²) in [6.07, 6.45) is -12.1. The molecule has 2 heterocycles. The van der Waals surface area contributed by atoms with Gasteiger partial charge in [-0.1, -0.05) is 93.0 Å². The molecule has 2 unspecified atom stereocenters. The monoisotopic (exact) mass is 679 g/mol. The van der Waals surface area contributed by atoms with Crippen LogP contribution in [0.1, 0.15) is 66.8 Å². The van der Waals surface area contributed by atoms with E-state index in [-0.39, 0.29) is 39.9 Å². The van der Waals surface area contributed by atoms with E-state index in [2.05, 4.69) is 9.97 Å². The van der Waals surface area contributed by atoms with E-state index in [1.165, 1.54) is 6.92 Å². The highest BCUT2D eigenvalue weighted by atomic mass is 35.5. The first-order chi connectivity index (χ1) is 21.4. The van der Waals surface area contributed by atoms with E-state index in [9.17, 15) is 31.4 Å². The second-order valence-corrected chi connectivity index (χ2v) is 15.5. The van der Waals surface area contributed by atoms with Crippen LogP contribution in [0, 0.1) is 6.92 Å². The fraction of sp³-hybridized carbons (Fsp3) is 0.333. The van der Waals surface area contributed by atoms with Crippen LogP contribution in [0.4, 0.5) is 37.8 Å². The zero-order valence-electron chi connectivity index (χ0n) is 25.4. The van der Waals surface area contributed by atoms with Crippen molar-refractivity contribution in [3.05, 3.63) is 118 Å². The lowest BCUT2D eigenvalue weighted by Crippen LogP contribution is -2.48. The minimum atomic E-state index is -5.20. The summed E-state index contributed by atoms with van der Waals surface area (Å²) in [6.45, 7) is 7.64. The van der Waals surface area contributed by atoms with Gasteiger partial charge in [0.15, 0.2) is 9.76 Å². The quantitative estimate of drug-likeness (QED) is 0.126. The number of benzene rings is 3. The number of hydrogen-bond acceptors (Lipinski definition) is 5. The normalized spacial score (nSPS) is 17.9. The Morgan fingerprint density at radius 3 is 1.89 bits per heavy atom. The summed E-state index contributed by atoms with van der Waals surface area (Å²) < 4.78 is 90.9. The molecule has 0 fully saturated rings. The van der Waals surface area contributed by atoms with Crippen molar-refractivity contribution < 1.29 is 35.9 Å². The number of aryl methyl sites for hydroxylation is 1. The number of alkyl halides is 6. The molecule has 0 saturated heterocycles. The molecule has 0 aliphatic carbocycles. The van der Waals surface area contributed by atoms with Gasteiger partial charge in [0.05, 0.1) is 16.8 Å². The Bertz CT molecular complexity index is 1660. The highest BCUT2D eigenvalue weighted by Gasteiger charge is 2.52. The van der Waals surface area contributed by atoms with Crippen LogP contribution < -0.4 is 4.90 Å². The van der Waals surface area contributed by atoms with E-state index in [1.54, 1.807) is 0 Å². The predicted molar refractivity (Wildman–Crippen MR) is 167 cm³/mol. The largest absolute Gasteiger partial charge is 0.418 e. The van der Waals surface area contributed by atoms with Gasteiger partial charge in [-0.2, -0.15) is 26.3 Å². The first-order valence-electron chi connectivity index (χ1n) is 14.5. The number of aliphatic hydroxyl groups excluding tert-OH is 1. The third kappa shape index (κ3) is 6.53. The fourth-order valence-corrected chi connectivity index (χ4v) is 7.46. The number of aliphatic hydroxyl groups is 1. The zero-order valence-corrected chi connectivity index (χ0v) is 27.6. The van der Waals surface area contributed by atoms with Gasteiger partial charge >= 0.3 is 12.4 Å². The minimum Gasteiger partial charge on any atom is -0.409 e. The SMILES string of the molecule is Cc1nc(Cl)c2c(n1)N(c1ccc(C(F)(F)F)cc1C(F)(F)F)C(O)CC2C(O[SiH2]C(C)(C)C)(c1ccccc1)c1ccccc1. The number of rotatable bonds is 6. The second kappa shape index (κ2) is 12.3. The first-order valence-corrected chi connectivity index (χ1v) is 16.1. The molecule has 244 valence electrons. The second-order valence-electron chi connectivity index (χ2n) is 12.5. The Labute approximate surface area is 270 Å².